The van der Waals surface area contributed by atoms with Crippen LogP contribution in [0.5, 0.6) is 11.5 Å². The molecule has 3 aromatic rings. The summed E-state index contributed by atoms with van der Waals surface area (Å²) in [6.07, 6.45) is 4.14. The summed E-state index contributed by atoms with van der Waals surface area (Å²) in [6.45, 7) is 2.09. The first-order valence-electron chi connectivity index (χ1n) is 9.30. The van der Waals surface area contributed by atoms with Crippen LogP contribution in [-0.2, 0) is 13.0 Å². The molecule has 3 heterocycles. The summed E-state index contributed by atoms with van der Waals surface area (Å²) in [5, 5.41) is 0. The number of ketones is 1. The minimum atomic E-state index is -0.129. The fourth-order valence-electron chi connectivity index (χ4n) is 3.58. The summed E-state index contributed by atoms with van der Waals surface area (Å²) >= 11 is 0. The molecule has 0 fully saturated rings. The van der Waals surface area contributed by atoms with Crippen LogP contribution in [0, 0.1) is 0 Å². The molecule has 0 N–H and O–H groups in total. The molecule has 0 saturated heterocycles. The molecule has 5 rings (SSSR count). The van der Waals surface area contributed by atoms with Gasteiger partial charge in [-0.3, -0.25) is 9.69 Å². The van der Waals surface area contributed by atoms with Gasteiger partial charge >= 0.3 is 0 Å². The highest BCUT2D eigenvalue weighted by atomic mass is 16.5. The van der Waals surface area contributed by atoms with Crippen LogP contribution in [0.25, 0.3) is 6.08 Å². The van der Waals surface area contributed by atoms with Gasteiger partial charge in [-0.1, -0.05) is 30.3 Å². The van der Waals surface area contributed by atoms with E-state index < -0.39 is 0 Å². The molecule has 2 aliphatic rings. The van der Waals surface area contributed by atoms with Crippen molar-refractivity contribution >= 4 is 11.9 Å². The number of hydrogen-bond acceptors (Lipinski definition) is 5. The van der Waals surface area contributed by atoms with Crippen molar-refractivity contribution in [2.45, 2.75) is 13.0 Å². The van der Waals surface area contributed by atoms with Gasteiger partial charge in [0.1, 0.15) is 24.0 Å². The molecule has 0 amide bonds. The molecule has 0 saturated carbocycles. The molecule has 2 aromatic carbocycles. The first kappa shape index (κ1) is 16.8. The van der Waals surface area contributed by atoms with Gasteiger partial charge in [0.05, 0.1) is 17.4 Å². The maximum Gasteiger partial charge on any atom is 0.232 e. The molecular weight excluding hydrogens is 354 g/mol. The number of carbonyl (C=O) groups excluding carboxylic acids is 1. The zero-order chi connectivity index (χ0) is 18.9. The molecule has 1 aromatic heterocycles. The number of carbonyl (C=O) groups is 1. The van der Waals surface area contributed by atoms with Gasteiger partial charge in [0.25, 0.3) is 0 Å². The molecule has 0 atom stereocenters. The highest BCUT2D eigenvalue weighted by molar-refractivity contribution is 6.14. The Hall–Kier alpha value is -3.31. The molecule has 28 heavy (non-hydrogen) atoms. The van der Waals surface area contributed by atoms with E-state index in [4.69, 9.17) is 13.9 Å². The van der Waals surface area contributed by atoms with E-state index in [1.54, 1.807) is 30.5 Å². The third-order valence-corrected chi connectivity index (χ3v) is 5.06. The van der Waals surface area contributed by atoms with Crippen molar-refractivity contribution in [1.82, 2.24) is 4.90 Å². The molecule has 2 aliphatic heterocycles. The highest BCUT2D eigenvalue weighted by Gasteiger charge is 2.33. The van der Waals surface area contributed by atoms with Crippen molar-refractivity contribution in [2.24, 2.45) is 0 Å². The normalized spacial score (nSPS) is 17.1. The predicted molar refractivity (Wildman–Crippen MR) is 104 cm³/mol. The first-order valence-corrected chi connectivity index (χ1v) is 9.30. The van der Waals surface area contributed by atoms with Gasteiger partial charge in [-0.2, -0.15) is 0 Å². The minimum Gasteiger partial charge on any atom is -0.478 e. The maximum atomic E-state index is 12.7. The van der Waals surface area contributed by atoms with Crippen molar-refractivity contribution in [1.29, 1.82) is 0 Å². The molecule has 0 aliphatic carbocycles. The fraction of sp³-hybridized carbons (Fsp3) is 0.174. The van der Waals surface area contributed by atoms with Crippen LogP contribution >= 0.6 is 0 Å². The van der Waals surface area contributed by atoms with Gasteiger partial charge in [-0.05, 0) is 36.2 Å². The van der Waals surface area contributed by atoms with E-state index in [9.17, 15) is 4.79 Å². The Labute approximate surface area is 162 Å². The molecule has 0 radical (unpaired) electrons. The molecule has 0 bridgehead atoms. The number of allylic oxidation sites excluding steroid dienone is 1. The topological polar surface area (TPSA) is 51.9 Å². The second-order valence-electron chi connectivity index (χ2n) is 6.94. The van der Waals surface area contributed by atoms with Crippen molar-refractivity contribution in [2.75, 3.05) is 13.3 Å². The molecule has 5 nitrogen and oxygen atoms in total. The standard InChI is InChI=1S/C23H19NO4/c25-22-18-8-9-20-19(23(18)28-21(22)13-17-7-4-12-26-17)14-24(15-27-20)11-10-16-5-2-1-3-6-16/h1-9,12-13H,10-11,14-15H2. The van der Waals surface area contributed by atoms with Crippen LogP contribution in [0.1, 0.15) is 27.2 Å². The van der Waals surface area contributed by atoms with Crippen LogP contribution in [0.3, 0.4) is 0 Å². The van der Waals surface area contributed by atoms with E-state index in [0.29, 0.717) is 30.3 Å². The Morgan fingerprint density at radius 2 is 1.93 bits per heavy atom. The lowest BCUT2D eigenvalue weighted by atomic mass is 10.0. The Bertz CT molecular complexity index is 1040. The third kappa shape index (κ3) is 3.10. The van der Waals surface area contributed by atoms with E-state index in [-0.39, 0.29) is 11.5 Å². The van der Waals surface area contributed by atoms with Crippen molar-refractivity contribution in [3.05, 3.63) is 89.1 Å². The predicted octanol–water partition coefficient (Wildman–Crippen LogP) is 4.29. The number of ether oxygens (including phenoxy) is 2. The number of Topliss-reactive ketones (excluding diaryl/α,β-unsaturated/α-hetero) is 1. The van der Waals surface area contributed by atoms with Crippen LogP contribution in [-0.4, -0.2) is 24.0 Å². The van der Waals surface area contributed by atoms with E-state index in [1.165, 1.54) is 5.56 Å². The molecular formula is C23H19NO4. The molecule has 0 unspecified atom stereocenters. The first-order chi connectivity index (χ1) is 13.8. The minimum absolute atomic E-state index is 0.129. The summed E-state index contributed by atoms with van der Waals surface area (Å²) in [5.41, 5.74) is 2.79. The number of nitrogens with zero attached hydrogens (tertiary/aromatic N) is 1. The summed E-state index contributed by atoms with van der Waals surface area (Å²) in [4.78, 5) is 14.9. The SMILES string of the molecule is O=C1C(=Cc2ccco2)Oc2c1ccc1c2CN(CCc2ccccc2)CO1. The van der Waals surface area contributed by atoms with Gasteiger partial charge in [-0.25, -0.2) is 0 Å². The summed E-state index contributed by atoms with van der Waals surface area (Å²) in [7, 11) is 0. The van der Waals surface area contributed by atoms with Crippen LogP contribution in [0.4, 0.5) is 0 Å². The van der Waals surface area contributed by atoms with E-state index in [0.717, 1.165) is 24.3 Å². The average Bonchev–Trinajstić information content (AvgIpc) is 3.36. The smallest absolute Gasteiger partial charge is 0.232 e. The third-order valence-electron chi connectivity index (χ3n) is 5.06. The average molecular weight is 373 g/mol. The summed E-state index contributed by atoms with van der Waals surface area (Å²) in [6, 6.07) is 17.6. The van der Waals surface area contributed by atoms with Gasteiger partial charge in [0, 0.05) is 19.2 Å². The van der Waals surface area contributed by atoms with Gasteiger partial charge in [0.15, 0.2) is 5.76 Å². The van der Waals surface area contributed by atoms with E-state index >= 15 is 0 Å². The van der Waals surface area contributed by atoms with Gasteiger partial charge < -0.3 is 13.9 Å². The zero-order valence-corrected chi connectivity index (χ0v) is 15.3. The van der Waals surface area contributed by atoms with E-state index in [1.807, 2.05) is 12.1 Å². The van der Waals surface area contributed by atoms with Crippen LogP contribution < -0.4 is 9.47 Å². The van der Waals surface area contributed by atoms with Crippen molar-refractivity contribution in [3.8, 4) is 11.5 Å². The lowest BCUT2D eigenvalue weighted by Gasteiger charge is -2.29. The lowest BCUT2D eigenvalue weighted by Crippen LogP contribution is -2.33. The number of fused-ring (bicyclic) bond motifs is 3. The molecule has 140 valence electrons. The molecule has 0 spiro atoms. The Balaban J connectivity index is 1.37. The van der Waals surface area contributed by atoms with Gasteiger partial charge in [0.2, 0.25) is 5.78 Å². The van der Waals surface area contributed by atoms with Gasteiger partial charge in [-0.15, -0.1) is 0 Å². The van der Waals surface area contributed by atoms with Crippen molar-refractivity contribution in [3.63, 3.8) is 0 Å². The number of benzene rings is 2. The molecule has 5 heteroatoms. The zero-order valence-electron chi connectivity index (χ0n) is 15.3. The largest absolute Gasteiger partial charge is 0.478 e. The maximum absolute atomic E-state index is 12.7. The second kappa shape index (κ2) is 7.02. The fourth-order valence-corrected chi connectivity index (χ4v) is 3.58. The van der Waals surface area contributed by atoms with Crippen molar-refractivity contribution < 1.29 is 18.7 Å². The summed E-state index contributed by atoms with van der Waals surface area (Å²) < 4.78 is 17.2. The highest BCUT2D eigenvalue weighted by Crippen LogP contribution is 2.42. The number of furan rings is 1. The van der Waals surface area contributed by atoms with E-state index in [2.05, 4.69) is 29.2 Å². The quantitative estimate of drug-likeness (QED) is 0.639. The second-order valence-corrected chi connectivity index (χ2v) is 6.94. The monoisotopic (exact) mass is 373 g/mol. The Morgan fingerprint density at radius 3 is 2.75 bits per heavy atom. The number of hydrogen-bond donors (Lipinski definition) is 0. The Morgan fingerprint density at radius 1 is 1.04 bits per heavy atom. The lowest BCUT2D eigenvalue weighted by molar-refractivity contribution is 0.0950. The van der Waals surface area contributed by atoms with Crippen LogP contribution in [0.2, 0.25) is 0 Å². The number of rotatable bonds is 4. The summed E-state index contributed by atoms with van der Waals surface area (Å²) in [5.74, 6) is 2.12. The Kier molecular flexibility index (Phi) is 4.22. The van der Waals surface area contributed by atoms with Crippen LogP contribution in [0.15, 0.2) is 71.0 Å².